The van der Waals surface area contributed by atoms with Gasteiger partial charge in [0.15, 0.2) is 6.61 Å². The molecule has 0 aliphatic rings. The molecule has 0 spiro atoms. The Morgan fingerprint density at radius 2 is 1.84 bits per heavy atom. The van der Waals surface area contributed by atoms with Gasteiger partial charge < -0.3 is 14.8 Å². The second kappa shape index (κ2) is 8.67. The summed E-state index contributed by atoms with van der Waals surface area (Å²) in [6, 6.07) is 12.5. The highest BCUT2D eigenvalue weighted by atomic mass is 79.9. The molecule has 0 aliphatic heterocycles. The summed E-state index contributed by atoms with van der Waals surface area (Å²) in [6.45, 7) is 3.41. The fourth-order valence-electron chi connectivity index (χ4n) is 2.28. The number of hydrogen-bond donors (Lipinski definition) is 1. The lowest BCUT2D eigenvalue weighted by Crippen LogP contribution is -2.31. The van der Waals surface area contributed by atoms with Gasteiger partial charge in [-0.15, -0.1) is 0 Å². The zero-order chi connectivity index (χ0) is 18.4. The molecule has 2 aromatic rings. The minimum absolute atomic E-state index is 0.182. The number of amides is 1. The van der Waals surface area contributed by atoms with Crippen molar-refractivity contribution >= 4 is 27.8 Å². The van der Waals surface area contributed by atoms with Crippen LogP contribution in [0, 0.1) is 6.92 Å². The van der Waals surface area contributed by atoms with Crippen LogP contribution >= 0.6 is 15.9 Å². The average molecular weight is 406 g/mol. The van der Waals surface area contributed by atoms with Crippen molar-refractivity contribution in [3.05, 3.63) is 63.6 Å². The third kappa shape index (κ3) is 5.32. The van der Waals surface area contributed by atoms with Gasteiger partial charge in [0.25, 0.3) is 5.91 Å². The van der Waals surface area contributed by atoms with Gasteiger partial charge in [0.1, 0.15) is 5.75 Å². The van der Waals surface area contributed by atoms with Crippen LogP contribution in [-0.4, -0.2) is 25.6 Å². The topological polar surface area (TPSA) is 64.6 Å². The lowest BCUT2D eigenvalue weighted by atomic mass is 10.1. The van der Waals surface area contributed by atoms with Gasteiger partial charge in [0.2, 0.25) is 0 Å². The minimum atomic E-state index is -0.565. The summed E-state index contributed by atoms with van der Waals surface area (Å²) in [5.41, 5.74) is 2.22. The molecular weight excluding hydrogens is 386 g/mol. The van der Waals surface area contributed by atoms with Gasteiger partial charge in [-0.25, -0.2) is 4.79 Å². The first-order chi connectivity index (χ1) is 11.9. The molecule has 1 atom stereocenters. The fourth-order valence-corrected chi connectivity index (χ4v) is 2.54. The molecule has 6 heteroatoms. The molecule has 25 heavy (non-hydrogen) atoms. The summed E-state index contributed by atoms with van der Waals surface area (Å²) >= 11 is 3.37. The molecule has 0 saturated heterocycles. The number of methoxy groups -OCH3 is 1. The number of benzene rings is 2. The molecule has 2 aromatic carbocycles. The Kier molecular flexibility index (Phi) is 6.58. The lowest BCUT2D eigenvalue weighted by Gasteiger charge is -2.14. The monoisotopic (exact) mass is 405 g/mol. The maximum Gasteiger partial charge on any atom is 0.338 e. The van der Waals surface area contributed by atoms with Crippen molar-refractivity contribution in [2.45, 2.75) is 19.9 Å². The van der Waals surface area contributed by atoms with E-state index in [0.717, 1.165) is 15.6 Å². The highest BCUT2D eigenvalue weighted by Crippen LogP contribution is 2.19. The van der Waals surface area contributed by atoms with Crippen LogP contribution < -0.4 is 10.1 Å². The van der Waals surface area contributed by atoms with Crippen molar-refractivity contribution in [2.75, 3.05) is 13.7 Å². The Labute approximate surface area is 155 Å². The summed E-state index contributed by atoms with van der Waals surface area (Å²) in [7, 11) is 1.54. The summed E-state index contributed by atoms with van der Waals surface area (Å²) in [5, 5.41) is 2.80. The number of carbonyl (C=O) groups is 2. The third-order valence-corrected chi connectivity index (χ3v) is 4.25. The molecule has 132 valence electrons. The van der Waals surface area contributed by atoms with Crippen LogP contribution in [0.2, 0.25) is 0 Å². The van der Waals surface area contributed by atoms with Gasteiger partial charge in [-0.3, -0.25) is 4.79 Å². The van der Waals surface area contributed by atoms with E-state index >= 15 is 0 Å². The molecule has 0 aromatic heterocycles. The molecule has 0 heterocycles. The Bertz CT molecular complexity index is 759. The molecule has 0 bridgehead atoms. The number of aryl methyl sites for hydroxylation is 1. The van der Waals surface area contributed by atoms with Crippen LogP contribution in [0.4, 0.5) is 0 Å². The van der Waals surface area contributed by atoms with E-state index in [0.29, 0.717) is 11.3 Å². The van der Waals surface area contributed by atoms with Gasteiger partial charge in [0, 0.05) is 4.47 Å². The number of ether oxygens (including phenoxy) is 2. The van der Waals surface area contributed by atoms with E-state index in [9.17, 15) is 9.59 Å². The smallest absolute Gasteiger partial charge is 0.338 e. The van der Waals surface area contributed by atoms with E-state index in [2.05, 4.69) is 21.2 Å². The number of esters is 1. The largest absolute Gasteiger partial charge is 0.496 e. The minimum Gasteiger partial charge on any atom is -0.496 e. The van der Waals surface area contributed by atoms with Crippen molar-refractivity contribution in [3.63, 3.8) is 0 Å². The number of rotatable bonds is 6. The van der Waals surface area contributed by atoms with Crippen molar-refractivity contribution in [1.82, 2.24) is 5.32 Å². The Morgan fingerprint density at radius 3 is 2.48 bits per heavy atom. The molecule has 0 saturated carbocycles. The van der Waals surface area contributed by atoms with E-state index in [1.807, 2.05) is 38.1 Å². The van der Waals surface area contributed by atoms with Crippen LogP contribution in [0.3, 0.4) is 0 Å². The van der Waals surface area contributed by atoms with Gasteiger partial charge in [-0.05, 0) is 49.2 Å². The SMILES string of the molecule is COc1cc(C(=O)OCC(=O)N[C@H](C)c2ccc(Br)cc2)ccc1C. The zero-order valence-corrected chi connectivity index (χ0v) is 15.9. The van der Waals surface area contributed by atoms with Crippen LogP contribution in [0.25, 0.3) is 0 Å². The lowest BCUT2D eigenvalue weighted by molar-refractivity contribution is -0.124. The number of carbonyl (C=O) groups excluding carboxylic acids is 2. The standard InChI is InChI=1S/C19H20BrNO4/c1-12-4-5-15(10-17(12)24-3)19(23)25-11-18(22)21-13(2)14-6-8-16(20)9-7-14/h4-10,13H,11H2,1-3H3,(H,21,22)/t13-/m1/s1. The van der Waals surface area contributed by atoms with Gasteiger partial charge in [0.05, 0.1) is 18.7 Å². The van der Waals surface area contributed by atoms with Crippen LogP contribution in [0.1, 0.15) is 34.5 Å². The predicted octanol–water partition coefficient (Wildman–Crippen LogP) is 3.80. The van der Waals surface area contributed by atoms with Gasteiger partial charge >= 0.3 is 5.97 Å². The molecule has 0 radical (unpaired) electrons. The molecule has 0 unspecified atom stereocenters. The molecule has 0 fully saturated rings. The van der Waals surface area contributed by atoms with Crippen molar-refractivity contribution in [2.24, 2.45) is 0 Å². The summed E-state index contributed by atoms with van der Waals surface area (Å²) in [4.78, 5) is 24.0. The first-order valence-electron chi connectivity index (χ1n) is 7.77. The maximum atomic E-state index is 12.1. The fraction of sp³-hybridized carbons (Fsp3) is 0.263. The van der Waals surface area contributed by atoms with Crippen LogP contribution in [-0.2, 0) is 9.53 Å². The molecule has 5 nitrogen and oxygen atoms in total. The van der Waals surface area contributed by atoms with Gasteiger partial charge in [-0.2, -0.15) is 0 Å². The van der Waals surface area contributed by atoms with E-state index in [1.54, 1.807) is 18.2 Å². The number of halogens is 1. The Morgan fingerprint density at radius 1 is 1.16 bits per heavy atom. The highest BCUT2D eigenvalue weighted by Gasteiger charge is 2.14. The molecule has 2 rings (SSSR count). The van der Waals surface area contributed by atoms with E-state index in [-0.39, 0.29) is 18.6 Å². The first kappa shape index (κ1) is 19.0. The third-order valence-electron chi connectivity index (χ3n) is 3.73. The second-order valence-electron chi connectivity index (χ2n) is 5.60. The highest BCUT2D eigenvalue weighted by molar-refractivity contribution is 9.10. The van der Waals surface area contributed by atoms with Gasteiger partial charge in [-0.1, -0.05) is 34.1 Å². The maximum absolute atomic E-state index is 12.1. The molecule has 1 N–H and O–H groups in total. The van der Waals surface area contributed by atoms with E-state index in [1.165, 1.54) is 7.11 Å². The average Bonchev–Trinajstić information content (AvgIpc) is 2.60. The van der Waals surface area contributed by atoms with Crippen LogP contribution in [0.5, 0.6) is 5.75 Å². The summed E-state index contributed by atoms with van der Waals surface area (Å²) in [6.07, 6.45) is 0. The predicted molar refractivity (Wildman–Crippen MR) is 98.7 cm³/mol. The second-order valence-corrected chi connectivity index (χ2v) is 6.52. The zero-order valence-electron chi connectivity index (χ0n) is 14.3. The number of nitrogens with one attached hydrogen (secondary N) is 1. The molecular formula is C19H20BrNO4. The number of hydrogen-bond acceptors (Lipinski definition) is 4. The van der Waals surface area contributed by atoms with Crippen molar-refractivity contribution < 1.29 is 19.1 Å². The normalized spacial score (nSPS) is 11.5. The molecule has 1 amide bonds. The van der Waals surface area contributed by atoms with Crippen molar-refractivity contribution in [1.29, 1.82) is 0 Å². The molecule has 0 aliphatic carbocycles. The van der Waals surface area contributed by atoms with Crippen LogP contribution in [0.15, 0.2) is 46.9 Å². The summed E-state index contributed by atoms with van der Waals surface area (Å²) in [5.74, 6) is -0.324. The Balaban J connectivity index is 1.88. The first-order valence-corrected chi connectivity index (χ1v) is 8.56. The van der Waals surface area contributed by atoms with E-state index in [4.69, 9.17) is 9.47 Å². The van der Waals surface area contributed by atoms with Crippen molar-refractivity contribution in [3.8, 4) is 5.75 Å². The van der Waals surface area contributed by atoms with E-state index < -0.39 is 5.97 Å². The Hall–Kier alpha value is -2.34. The summed E-state index contributed by atoms with van der Waals surface area (Å²) < 4.78 is 11.2. The quantitative estimate of drug-likeness (QED) is 0.742.